The quantitative estimate of drug-likeness (QED) is 0.692. The molecule has 3 heteroatoms. The molecule has 0 radical (unpaired) electrons. The highest BCUT2D eigenvalue weighted by Gasteiger charge is 2.23. The number of para-hydroxylation sites is 1. The summed E-state index contributed by atoms with van der Waals surface area (Å²) in [6.07, 6.45) is 5.46. The summed E-state index contributed by atoms with van der Waals surface area (Å²) >= 11 is 0. The van der Waals surface area contributed by atoms with Crippen LogP contribution in [0.1, 0.15) is 35.9 Å². The number of rotatable bonds is 5. The average Bonchev–Trinajstić information content (AvgIpc) is 2.95. The molecule has 0 aliphatic carbocycles. The van der Waals surface area contributed by atoms with Gasteiger partial charge in [0.25, 0.3) is 0 Å². The highest BCUT2D eigenvalue weighted by atomic mass is 15.1. The van der Waals surface area contributed by atoms with E-state index in [0.717, 1.165) is 31.6 Å². The Labute approximate surface area is 150 Å². The summed E-state index contributed by atoms with van der Waals surface area (Å²) in [5, 5.41) is 1.44. The van der Waals surface area contributed by atoms with Gasteiger partial charge in [-0.25, -0.2) is 0 Å². The highest BCUT2D eigenvalue weighted by molar-refractivity contribution is 5.85. The second-order valence-corrected chi connectivity index (χ2v) is 7.18. The molecule has 0 N–H and O–H groups in total. The summed E-state index contributed by atoms with van der Waals surface area (Å²) in [5.41, 5.74) is 6.90. The molecule has 0 fully saturated rings. The van der Waals surface area contributed by atoms with Gasteiger partial charge in [-0.05, 0) is 49.6 Å². The Hall–Kier alpha value is -2.13. The van der Waals surface area contributed by atoms with E-state index in [1.54, 1.807) is 11.3 Å². The molecule has 0 spiro atoms. The second-order valence-electron chi connectivity index (χ2n) is 7.18. The number of hydrogen-bond donors (Lipinski definition) is 0. The fourth-order valence-electron chi connectivity index (χ4n) is 4.11. The molecule has 1 aliphatic heterocycles. The first-order chi connectivity index (χ1) is 12.3. The topological polar surface area (TPSA) is 21.1 Å². The maximum atomic E-state index is 4.44. The first-order valence-corrected chi connectivity index (χ1v) is 9.49. The third-order valence-electron chi connectivity index (χ3n) is 5.38. The first-order valence-electron chi connectivity index (χ1n) is 9.49. The van der Waals surface area contributed by atoms with Crippen molar-refractivity contribution in [2.75, 3.05) is 13.1 Å². The van der Waals surface area contributed by atoms with Crippen LogP contribution in [0, 0.1) is 6.92 Å². The molecule has 0 bridgehead atoms. The minimum absolute atomic E-state index is 1.04. The highest BCUT2D eigenvalue weighted by Crippen LogP contribution is 2.31. The average molecular weight is 333 g/mol. The molecule has 3 aromatic rings. The third-order valence-corrected chi connectivity index (χ3v) is 5.38. The van der Waals surface area contributed by atoms with Crippen LogP contribution in [0.15, 0.2) is 42.6 Å². The van der Waals surface area contributed by atoms with E-state index in [1.807, 2.05) is 13.1 Å². The van der Waals surface area contributed by atoms with Crippen LogP contribution in [0.2, 0.25) is 0 Å². The Morgan fingerprint density at radius 3 is 2.76 bits per heavy atom. The van der Waals surface area contributed by atoms with Gasteiger partial charge in [0, 0.05) is 54.5 Å². The molecule has 25 heavy (non-hydrogen) atoms. The summed E-state index contributed by atoms with van der Waals surface area (Å²) in [4.78, 5) is 7.04. The van der Waals surface area contributed by atoms with Crippen molar-refractivity contribution in [2.24, 2.45) is 0 Å². The number of nitrogens with zero attached hydrogens (tertiary/aromatic N) is 3. The lowest BCUT2D eigenvalue weighted by atomic mass is 10.0. The Morgan fingerprint density at radius 1 is 1.08 bits per heavy atom. The molecule has 2 aromatic heterocycles. The molecule has 0 unspecified atom stereocenters. The van der Waals surface area contributed by atoms with E-state index in [4.69, 9.17) is 0 Å². The molecule has 1 aliphatic rings. The van der Waals surface area contributed by atoms with Gasteiger partial charge in [0.1, 0.15) is 0 Å². The maximum Gasteiger partial charge on any atom is 0.0486 e. The maximum absolute atomic E-state index is 4.44. The smallest absolute Gasteiger partial charge is 0.0486 e. The third kappa shape index (κ3) is 3.21. The number of aryl methyl sites for hydroxylation is 3. The fraction of sp³-hybridized carbons (Fsp3) is 0.409. The molecule has 4 rings (SSSR count). The molecule has 0 atom stereocenters. The Kier molecular flexibility index (Phi) is 4.58. The summed E-state index contributed by atoms with van der Waals surface area (Å²) in [6.45, 7) is 8.84. The largest absolute Gasteiger partial charge is 0.344 e. The molecular formula is C22H27N3. The number of fused-ring (bicyclic) bond motifs is 3. The van der Waals surface area contributed by atoms with Crippen LogP contribution in [0.3, 0.4) is 0 Å². The van der Waals surface area contributed by atoms with Crippen molar-refractivity contribution in [2.45, 2.75) is 46.2 Å². The van der Waals surface area contributed by atoms with Gasteiger partial charge in [-0.2, -0.15) is 0 Å². The Balaban J connectivity index is 1.66. The van der Waals surface area contributed by atoms with E-state index < -0.39 is 0 Å². The van der Waals surface area contributed by atoms with Crippen LogP contribution in [0.25, 0.3) is 10.9 Å². The zero-order valence-electron chi connectivity index (χ0n) is 15.3. The van der Waals surface area contributed by atoms with Crippen LogP contribution >= 0.6 is 0 Å². The summed E-state index contributed by atoms with van der Waals surface area (Å²) in [7, 11) is 0. The van der Waals surface area contributed by atoms with Crippen LogP contribution in [0.5, 0.6) is 0 Å². The zero-order chi connectivity index (χ0) is 17.2. The minimum atomic E-state index is 1.04. The Morgan fingerprint density at radius 2 is 1.96 bits per heavy atom. The van der Waals surface area contributed by atoms with Crippen LogP contribution in [-0.4, -0.2) is 27.5 Å². The van der Waals surface area contributed by atoms with E-state index in [9.17, 15) is 0 Å². The van der Waals surface area contributed by atoms with Gasteiger partial charge < -0.3 is 4.57 Å². The van der Waals surface area contributed by atoms with Crippen molar-refractivity contribution >= 4 is 10.9 Å². The SMILES string of the molecule is CCCN1CCc2c(c3ccccc3n2CCc2ccc(C)nc2)C1. The molecule has 3 nitrogen and oxygen atoms in total. The predicted octanol–water partition coefficient (Wildman–Crippen LogP) is 4.36. The zero-order valence-corrected chi connectivity index (χ0v) is 15.3. The van der Waals surface area contributed by atoms with Gasteiger partial charge in [0.2, 0.25) is 0 Å². The van der Waals surface area contributed by atoms with Gasteiger partial charge in [-0.15, -0.1) is 0 Å². The normalized spacial score (nSPS) is 14.8. The van der Waals surface area contributed by atoms with Gasteiger partial charge in [0.05, 0.1) is 0 Å². The van der Waals surface area contributed by atoms with Crippen molar-refractivity contribution in [3.63, 3.8) is 0 Å². The Bertz CT molecular complexity index is 861. The van der Waals surface area contributed by atoms with Crippen LogP contribution in [0.4, 0.5) is 0 Å². The van der Waals surface area contributed by atoms with E-state index >= 15 is 0 Å². The lowest BCUT2D eigenvalue weighted by Gasteiger charge is -2.27. The molecule has 3 heterocycles. The number of hydrogen-bond acceptors (Lipinski definition) is 2. The molecule has 0 amide bonds. The molecule has 0 saturated heterocycles. The van der Waals surface area contributed by atoms with Crippen molar-refractivity contribution in [1.29, 1.82) is 0 Å². The summed E-state index contributed by atoms with van der Waals surface area (Å²) < 4.78 is 2.56. The van der Waals surface area contributed by atoms with Gasteiger partial charge in [0.15, 0.2) is 0 Å². The van der Waals surface area contributed by atoms with Crippen LogP contribution in [-0.2, 0) is 25.9 Å². The summed E-state index contributed by atoms with van der Waals surface area (Å²) in [6, 6.07) is 13.3. The summed E-state index contributed by atoms with van der Waals surface area (Å²) in [5.74, 6) is 0. The van der Waals surface area contributed by atoms with E-state index in [1.165, 1.54) is 36.0 Å². The number of benzene rings is 1. The van der Waals surface area contributed by atoms with Crippen molar-refractivity contribution in [3.05, 3.63) is 65.1 Å². The van der Waals surface area contributed by atoms with Crippen molar-refractivity contribution < 1.29 is 0 Å². The van der Waals surface area contributed by atoms with E-state index in [-0.39, 0.29) is 0 Å². The minimum Gasteiger partial charge on any atom is -0.344 e. The predicted molar refractivity (Wildman–Crippen MR) is 104 cm³/mol. The number of aromatic nitrogens is 2. The monoisotopic (exact) mass is 333 g/mol. The van der Waals surface area contributed by atoms with Gasteiger partial charge in [-0.1, -0.05) is 31.2 Å². The standard InChI is InChI=1S/C22H27N3/c1-3-12-24-13-11-22-20(16-24)19-6-4-5-7-21(19)25(22)14-10-18-9-8-17(2)23-15-18/h4-9,15H,3,10-14,16H2,1-2H3. The lowest BCUT2D eigenvalue weighted by molar-refractivity contribution is 0.252. The van der Waals surface area contributed by atoms with Crippen molar-refractivity contribution in [1.82, 2.24) is 14.5 Å². The fourth-order valence-corrected chi connectivity index (χ4v) is 4.11. The molecule has 1 aromatic carbocycles. The number of pyridine rings is 1. The second kappa shape index (κ2) is 7.01. The van der Waals surface area contributed by atoms with Gasteiger partial charge >= 0.3 is 0 Å². The van der Waals surface area contributed by atoms with E-state index in [2.05, 4.69) is 57.8 Å². The molecule has 0 saturated carbocycles. The molecular weight excluding hydrogens is 306 g/mol. The van der Waals surface area contributed by atoms with Crippen molar-refractivity contribution in [3.8, 4) is 0 Å². The van der Waals surface area contributed by atoms with E-state index in [0.29, 0.717) is 0 Å². The van der Waals surface area contributed by atoms with Crippen LogP contribution < -0.4 is 0 Å². The lowest BCUT2D eigenvalue weighted by Crippen LogP contribution is -2.31. The first kappa shape index (κ1) is 16.3. The molecule has 130 valence electrons. The van der Waals surface area contributed by atoms with Gasteiger partial charge in [-0.3, -0.25) is 9.88 Å².